The van der Waals surface area contributed by atoms with Crippen LogP contribution >= 0.6 is 22.9 Å². The molecule has 5 rings (SSSR count). The summed E-state index contributed by atoms with van der Waals surface area (Å²) in [6.45, 7) is 1.13. The molecule has 2 aromatic rings. The van der Waals surface area contributed by atoms with Crippen LogP contribution in [0.15, 0.2) is 51.8 Å². The van der Waals surface area contributed by atoms with Crippen LogP contribution in [0, 0.1) is 0 Å². The van der Waals surface area contributed by atoms with Gasteiger partial charge in [0.05, 0.1) is 23.1 Å². The maximum Gasteiger partial charge on any atom is 0.269 e. The van der Waals surface area contributed by atoms with Gasteiger partial charge in [-0.05, 0) is 37.0 Å². The molecular formula is C24H28ClN3O5S2. The van der Waals surface area contributed by atoms with Crippen LogP contribution in [0.2, 0.25) is 4.34 Å². The van der Waals surface area contributed by atoms with Crippen LogP contribution < -0.4 is 5.32 Å². The smallest absolute Gasteiger partial charge is 0.269 e. The zero-order chi connectivity index (χ0) is 24.5. The van der Waals surface area contributed by atoms with Crippen molar-refractivity contribution in [3.05, 3.63) is 52.4 Å². The number of carbonyl (C=O) groups is 1. The first-order chi connectivity index (χ1) is 16.8. The molecule has 0 radical (unpaired) electrons. The van der Waals surface area contributed by atoms with E-state index in [1.165, 1.54) is 10.4 Å². The van der Waals surface area contributed by atoms with Crippen LogP contribution in [0.3, 0.4) is 0 Å². The molecule has 1 aromatic heterocycles. The summed E-state index contributed by atoms with van der Waals surface area (Å²) in [5.74, 6) is -0.231. The number of halogens is 1. The van der Waals surface area contributed by atoms with E-state index in [2.05, 4.69) is 10.5 Å². The maximum atomic E-state index is 13.0. The number of carbonyl (C=O) groups excluding carboxylic acids is 1. The van der Waals surface area contributed by atoms with Crippen molar-refractivity contribution in [2.75, 3.05) is 13.1 Å². The van der Waals surface area contributed by atoms with Gasteiger partial charge in [0.1, 0.15) is 15.5 Å². The topological polar surface area (TPSA) is 97.3 Å². The number of nitrogens with zero attached hydrogens (tertiary/aromatic N) is 2. The lowest BCUT2D eigenvalue weighted by atomic mass is 9.87. The summed E-state index contributed by atoms with van der Waals surface area (Å²) in [5, 5.41) is 7.20. The monoisotopic (exact) mass is 537 g/mol. The molecule has 8 nitrogen and oxygen atoms in total. The van der Waals surface area contributed by atoms with E-state index in [1.807, 2.05) is 30.3 Å². The van der Waals surface area contributed by atoms with E-state index in [9.17, 15) is 13.2 Å². The molecule has 188 valence electrons. The van der Waals surface area contributed by atoms with Crippen molar-refractivity contribution in [3.8, 4) is 0 Å². The zero-order valence-electron chi connectivity index (χ0n) is 19.2. The summed E-state index contributed by atoms with van der Waals surface area (Å²) >= 11 is 6.97. The standard InChI is InChI=1S/C24H28ClN3O5S2/c25-21-9-10-22(34-21)35(30,31)28-13-11-24(12-14-28)15-19(27-33-24)23(29)26-18-7-4-8-20(18)32-16-17-5-2-1-3-6-17/h1-3,5-6,9-10,18,20H,4,7-8,11-16H2,(H,26,29)/t18-,20?/m1/s1. The minimum Gasteiger partial charge on any atom is -0.388 e. The number of hydrogen-bond acceptors (Lipinski definition) is 7. The predicted molar refractivity (Wildman–Crippen MR) is 134 cm³/mol. The second-order valence-electron chi connectivity index (χ2n) is 9.30. The van der Waals surface area contributed by atoms with E-state index in [4.69, 9.17) is 21.2 Å². The summed E-state index contributed by atoms with van der Waals surface area (Å²) in [7, 11) is -3.58. The Balaban J connectivity index is 1.13. The van der Waals surface area contributed by atoms with Gasteiger partial charge in [-0.2, -0.15) is 4.31 Å². The lowest BCUT2D eigenvalue weighted by Crippen LogP contribution is -2.48. The van der Waals surface area contributed by atoms with E-state index >= 15 is 0 Å². The largest absolute Gasteiger partial charge is 0.388 e. The number of piperidine rings is 1. The first-order valence-electron chi connectivity index (χ1n) is 11.8. The SMILES string of the molecule is O=C(N[C@@H]1CCCC1OCc1ccccc1)C1=NOC2(CCN(S(=O)(=O)c3ccc(Cl)s3)CC2)C1. The van der Waals surface area contributed by atoms with Gasteiger partial charge in [0.15, 0.2) is 0 Å². The van der Waals surface area contributed by atoms with Crippen LogP contribution in [-0.2, 0) is 31.0 Å². The number of ether oxygens (including phenoxy) is 1. The average Bonchev–Trinajstić information content (AvgIpc) is 3.60. The first-order valence-corrected chi connectivity index (χ1v) is 14.5. The van der Waals surface area contributed by atoms with E-state index in [1.54, 1.807) is 6.07 Å². The van der Waals surface area contributed by atoms with Crippen molar-refractivity contribution in [2.24, 2.45) is 5.16 Å². The Bertz CT molecular complexity index is 1190. The van der Waals surface area contributed by atoms with Crippen molar-refractivity contribution in [2.45, 2.75) is 67.1 Å². The summed E-state index contributed by atoms with van der Waals surface area (Å²) in [4.78, 5) is 18.7. The molecule has 1 unspecified atom stereocenters. The molecule has 1 N–H and O–H groups in total. The molecule has 1 aromatic carbocycles. The molecule has 1 aliphatic carbocycles. The lowest BCUT2D eigenvalue weighted by molar-refractivity contribution is -0.116. The molecule has 11 heteroatoms. The van der Waals surface area contributed by atoms with Gasteiger partial charge in [0, 0.05) is 32.4 Å². The van der Waals surface area contributed by atoms with E-state index < -0.39 is 15.6 Å². The highest BCUT2D eigenvalue weighted by atomic mass is 35.5. The molecular weight excluding hydrogens is 510 g/mol. The predicted octanol–water partition coefficient (Wildman–Crippen LogP) is 3.96. The fourth-order valence-corrected chi connectivity index (χ4v) is 8.01. The molecule has 1 spiro atoms. The molecule has 2 fully saturated rings. The van der Waals surface area contributed by atoms with Gasteiger partial charge >= 0.3 is 0 Å². The van der Waals surface area contributed by atoms with Crippen molar-refractivity contribution in [3.63, 3.8) is 0 Å². The number of nitrogens with one attached hydrogen (secondary N) is 1. The number of benzene rings is 1. The first kappa shape index (κ1) is 24.7. The van der Waals surface area contributed by atoms with Gasteiger partial charge in [-0.15, -0.1) is 11.3 Å². The molecule has 1 saturated heterocycles. The molecule has 3 heterocycles. The van der Waals surface area contributed by atoms with Crippen molar-refractivity contribution in [1.82, 2.24) is 9.62 Å². The lowest BCUT2D eigenvalue weighted by Gasteiger charge is -2.36. The highest BCUT2D eigenvalue weighted by molar-refractivity contribution is 7.91. The number of sulfonamides is 1. The summed E-state index contributed by atoms with van der Waals surface area (Å²) in [5.41, 5.74) is 0.834. The van der Waals surface area contributed by atoms with Gasteiger partial charge in [-0.25, -0.2) is 8.42 Å². The van der Waals surface area contributed by atoms with Crippen molar-refractivity contribution in [1.29, 1.82) is 0 Å². The molecule has 2 aliphatic heterocycles. The molecule has 1 saturated carbocycles. The molecule has 1 amide bonds. The fraction of sp³-hybridized carbons (Fsp3) is 0.500. The van der Waals surface area contributed by atoms with Crippen molar-refractivity contribution >= 4 is 44.6 Å². The Morgan fingerprint density at radius 1 is 1.20 bits per heavy atom. The van der Waals surface area contributed by atoms with Crippen LogP contribution in [-0.4, -0.2) is 55.2 Å². The fourth-order valence-electron chi connectivity index (χ4n) is 4.93. The summed E-state index contributed by atoms with van der Waals surface area (Å²) < 4.78 is 34.0. The summed E-state index contributed by atoms with van der Waals surface area (Å²) in [6, 6.07) is 13.1. The highest BCUT2D eigenvalue weighted by Crippen LogP contribution is 2.37. The minimum absolute atomic E-state index is 0.0322. The maximum absolute atomic E-state index is 13.0. The Hall–Kier alpha value is -1.98. The summed E-state index contributed by atoms with van der Waals surface area (Å²) in [6.07, 6.45) is 4.05. The zero-order valence-corrected chi connectivity index (χ0v) is 21.6. The normalized spacial score (nSPS) is 24.3. The van der Waals surface area contributed by atoms with E-state index in [0.29, 0.717) is 49.0 Å². The van der Waals surface area contributed by atoms with Gasteiger partial charge in [0.25, 0.3) is 15.9 Å². The Labute approximate surface area is 214 Å². The molecule has 3 aliphatic rings. The highest BCUT2D eigenvalue weighted by Gasteiger charge is 2.46. The molecule has 2 atom stereocenters. The third kappa shape index (κ3) is 5.41. The van der Waals surface area contributed by atoms with Crippen molar-refractivity contribution < 1.29 is 22.8 Å². The van der Waals surface area contributed by atoms with Gasteiger partial charge in [0.2, 0.25) is 0 Å². The van der Waals surface area contributed by atoms with Crippen LogP contribution in [0.5, 0.6) is 0 Å². The van der Waals surface area contributed by atoms with Crippen LogP contribution in [0.1, 0.15) is 44.1 Å². The second-order valence-corrected chi connectivity index (χ2v) is 13.2. The number of hydrogen-bond donors (Lipinski definition) is 1. The van der Waals surface area contributed by atoms with E-state index in [0.717, 1.165) is 36.2 Å². The second kappa shape index (κ2) is 10.2. The minimum atomic E-state index is -3.58. The van der Waals surface area contributed by atoms with E-state index in [-0.39, 0.29) is 22.3 Å². The Morgan fingerprint density at radius 3 is 2.69 bits per heavy atom. The average molecular weight is 538 g/mol. The number of rotatable bonds is 7. The number of amides is 1. The number of thiophene rings is 1. The number of oxime groups is 1. The van der Waals surface area contributed by atoms with Gasteiger partial charge < -0.3 is 14.9 Å². The van der Waals surface area contributed by atoms with Gasteiger partial charge in [-0.3, -0.25) is 4.79 Å². The quantitative estimate of drug-likeness (QED) is 0.576. The third-order valence-corrected chi connectivity index (χ3v) is 10.6. The molecule has 35 heavy (non-hydrogen) atoms. The Kier molecular flexibility index (Phi) is 7.18. The Morgan fingerprint density at radius 2 is 1.97 bits per heavy atom. The van der Waals surface area contributed by atoms with Crippen LogP contribution in [0.4, 0.5) is 0 Å². The van der Waals surface area contributed by atoms with Crippen LogP contribution in [0.25, 0.3) is 0 Å². The van der Waals surface area contributed by atoms with Gasteiger partial charge in [-0.1, -0.05) is 47.1 Å². The third-order valence-electron chi connectivity index (χ3n) is 6.95. The molecule has 0 bridgehead atoms.